The van der Waals surface area contributed by atoms with E-state index in [9.17, 15) is 0 Å². The van der Waals surface area contributed by atoms with E-state index in [1.807, 2.05) is 59.5 Å². The van der Waals surface area contributed by atoms with Gasteiger partial charge in [-0.05, 0) is 86.4 Å². The fourth-order valence-electron chi connectivity index (χ4n) is 4.57. The minimum atomic E-state index is 0.658. The van der Waals surface area contributed by atoms with Gasteiger partial charge >= 0.3 is 0 Å². The molecule has 1 N–H and O–H groups in total. The van der Waals surface area contributed by atoms with Crippen LogP contribution < -0.4 is 15.9 Å². The van der Waals surface area contributed by atoms with Gasteiger partial charge in [-0.1, -0.05) is 80.5 Å². The highest BCUT2D eigenvalue weighted by Crippen LogP contribution is 2.22. The maximum absolute atomic E-state index is 4.52. The first-order valence-corrected chi connectivity index (χ1v) is 15.9. The number of aromatic nitrogens is 4. The zero-order chi connectivity index (χ0) is 32.5. The average Bonchev–Trinajstić information content (AvgIpc) is 3.37. The molecule has 6 heteroatoms. The Morgan fingerprint density at radius 1 is 1.02 bits per heavy atom. The quantitative estimate of drug-likeness (QED) is 0.211. The lowest BCUT2D eigenvalue weighted by molar-refractivity contribution is 0.429. The molecule has 1 atom stereocenters. The molecule has 6 nitrogen and oxygen atoms in total. The van der Waals surface area contributed by atoms with Gasteiger partial charge in [-0.3, -0.25) is 0 Å². The molecule has 0 fully saturated rings. The number of nitrogens with one attached hydrogen (secondary N) is 1. The lowest BCUT2D eigenvalue weighted by atomic mass is 9.97. The minimum Gasteiger partial charge on any atom is -0.338 e. The van der Waals surface area contributed by atoms with Gasteiger partial charge in [-0.2, -0.15) is 0 Å². The van der Waals surface area contributed by atoms with Crippen LogP contribution in [0.15, 0.2) is 53.9 Å². The van der Waals surface area contributed by atoms with E-state index in [2.05, 4.69) is 103 Å². The van der Waals surface area contributed by atoms with Crippen LogP contribution in [-0.4, -0.2) is 25.7 Å². The molecule has 0 aliphatic rings. The van der Waals surface area contributed by atoms with Crippen LogP contribution in [0.1, 0.15) is 97.7 Å². The Labute approximate surface area is 261 Å². The van der Waals surface area contributed by atoms with E-state index in [1.54, 1.807) is 12.4 Å². The lowest BCUT2D eigenvalue weighted by Gasteiger charge is -2.11. The summed E-state index contributed by atoms with van der Waals surface area (Å²) < 4.78 is 2.04. The molecule has 0 spiro atoms. The van der Waals surface area contributed by atoms with E-state index in [-0.39, 0.29) is 0 Å². The van der Waals surface area contributed by atoms with Gasteiger partial charge in [0.1, 0.15) is 11.2 Å². The summed E-state index contributed by atoms with van der Waals surface area (Å²) in [6.07, 6.45) is 8.89. The summed E-state index contributed by atoms with van der Waals surface area (Å²) in [4.78, 5) is 17.7. The van der Waals surface area contributed by atoms with Crippen molar-refractivity contribution in [3.8, 4) is 0 Å². The molecule has 2 aromatic carbocycles. The highest BCUT2D eigenvalue weighted by atomic mass is 15.0. The zero-order valence-electron chi connectivity index (χ0n) is 28.9. The molecular formula is C37H56N6. The van der Waals surface area contributed by atoms with Gasteiger partial charge in [0.15, 0.2) is 5.82 Å². The summed E-state index contributed by atoms with van der Waals surface area (Å²) >= 11 is 0. The number of imidazole rings is 1. The Morgan fingerprint density at radius 2 is 1.72 bits per heavy atom. The highest BCUT2D eigenvalue weighted by molar-refractivity contribution is 5.76. The first-order chi connectivity index (χ1) is 20.6. The van der Waals surface area contributed by atoms with E-state index in [0.29, 0.717) is 17.0 Å². The summed E-state index contributed by atoms with van der Waals surface area (Å²) in [6.45, 7) is 27.1. The molecule has 0 radical (unpaired) electrons. The van der Waals surface area contributed by atoms with Crippen LogP contribution in [0, 0.1) is 25.7 Å². The number of aryl methyl sites for hydroxylation is 3. The second-order valence-corrected chi connectivity index (χ2v) is 10.8. The average molecular weight is 585 g/mol. The van der Waals surface area contributed by atoms with Gasteiger partial charge in [0.25, 0.3) is 0 Å². The Bertz CT molecular complexity index is 1530. The van der Waals surface area contributed by atoms with Crippen molar-refractivity contribution in [3.63, 3.8) is 0 Å². The van der Waals surface area contributed by atoms with Crippen LogP contribution in [-0.2, 0) is 13.5 Å². The van der Waals surface area contributed by atoms with Gasteiger partial charge in [0.05, 0.1) is 17.4 Å². The number of hydrogen-bond donors (Lipinski definition) is 1. The van der Waals surface area contributed by atoms with Gasteiger partial charge in [-0.25, -0.2) is 19.9 Å². The highest BCUT2D eigenvalue weighted by Gasteiger charge is 2.07. The van der Waals surface area contributed by atoms with Crippen molar-refractivity contribution in [3.05, 3.63) is 82.0 Å². The van der Waals surface area contributed by atoms with Crippen LogP contribution in [0.4, 0.5) is 5.69 Å². The number of aliphatic imine (C=N–C) groups is 1. The Kier molecular flexibility index (Phi) is 16.8. The molecule has 0 bridgehead atoms. The Hall–Kier alpha value is -3.80. The SMILES string of the molecule is C=c1cnc(C)n/c1=C(/N=C\C)Nc1ccc(Cc2ccc3c(c2)ncn3C)c(C)c1.CC.CC.CCC(C)CC(C)C. The summed E-state index contributed by atoms with van der Waals surface area (Å²) in [7, 11) is 2.01. The molecular weight excluding hydrogens is 528 g/mol. The van der Waals surface area contributed by atoms with Crippen molar-refractivity contribution in [1.29, 1.82) is 0 Å². The predicted octanol–water partition coefficient (Wildman–Crippen LogP) is 8.38. The zero-order valence-corrected chi connectivity index (χ0v) is 28.9. The van der Waals surface area contributed by atoms with Crippen LogP contribution in [0.2, 0.25) is 0 Å². The van der Waals surface area contributed by atoms with Crippen LogP contribution in [0.25, 0.3) is 23.4 Å². The molecule has 2 aromatic heterocycles. The molecule has 0 amide bonds. The van der Waals surface area contributed by atoms with Crippen molar-refractivity contribution in [2.75, 3.05) is 5.32 Å². The molecule has 0 aliphatic carbocycles. The van der Waals surface area contributed by atoms with E-state index in [4.69, 9.17) is 0 Å². The molecule has 4 rings (SSSR count). The minimum absolute atomic E-state index is 0.658. The van der Waals surface area contributed by atoms with Crippen LogP contribution in [0.3, 0.4) is 0 Å². The van der Waals surface area contributed by atoms with E-state index < -0.39 is 0 Å². The van der Waals surface area contributed by atoms with Crippen molar-refractivity contribution >= 4 is 35.3 Å². The largest absolute Gasteiger partial charge is 0.338 e. The molecule has 0 saturated heterocycles. The molecule has 2 heterocycles. The topological polar surface area (TPSA) is 68.0 Å². The van der Waals surface area contributed by atoms with Crippen LogP contribution >= 0.6 is 0 Å². The summed E-state index contributed by atoms with van der Waals surface area (Å²) in [5.41, 5.74) is 6.85. The molecule has 4 aromatic rings. The molecule has 0 saturated carbocycles. The van der Waals surface area contributed by atoms with E-state index in [1.165, 1.54) is 29.5 Å². The third-order valence-corrected chi connectivity index (χ3v) is 6.83. The van der Waals surface area contributed by atoms with Gasteiger partial charge in [0.2, 0.25) is 0 Å². The Morgan fingerprint density at radius 3 is 2.30 bits per heavy atom. The first-order valence-electron chi connectivity index (χ1n) is 15.9. The number of nitrogens with zero attached hydrogens (tertiary/aromatic N) is 5. The van der Waals surface area contributed by atoms with Crippen molar-refractivity contribution < 1.29 is 0 Å². The number of fused-ring (bicyclic) bond motifs is 1. The van der Waals surface area contributed by atoms with Gasteiger partial charge in [-0.15, -0.1) is 0 Å². The third kappa shape index (κ3) is 11.8. The number of benzene rings is 2. The van der Waals surface area contributed by atoms with Crippen LogP contribution in [0.5, 0.6) is 0 Å². The second kappa shape index (κ2) is 19.4. The lowest BCUT2D eigenvalue weighted by Crippen LogP contribution is -2.32. The van der Waals surface area contributed by atoms with E-state index >= 15 is 0 Å². The predicted molar refractivity (Wildman–Crippen MR) is 189 cm³/mol. The number of hydrogen-bond acceptors (Lipinski definition) is 5. The normalized spacial score (nSPS) is 12.0. The number of rotatable bonds is 8. The molecule has 43 heavy (non-hydrogen) atoms. The summed E-state index contributed by atoms with van der Waals surface area (Å²) in [5.74, 6) is 3.15. The maximum Gasteiger partial charge on any atom is 0.156 e. The molecule has 234 valence electrons. The van der Waals surface area contributed by atoms with Crippen molar-refractivity contribution in [1.82, 2.24) is 19.5 Å². The summed E-state index contributed by atoms with van der Waals surface area (Å²) in [6, 6.07) is 12.8. The maximum atomic E-state index is 4.52. The molecule has 0 aliphatic heterocycles. The summed E-state index contributed by atoms with van der Waals surface area (Å²) in [5, 5.41) is 4.84. The van der Waals surface area contributed by atoms with Crippen molar-refractivity contribution in [2.45, 2.75) is 95.4 Å². The first kappa shape index (κ1) is 37.2. The smallest absolute Gasteiger partial charge is 0.156 e. The fraction of sp³-hybridized carbons (Fsp3) is 0.459. The monoisotopic (exact) mass is 584 g/mol. The third-order valence-electron chi connectivity index (χ3n) is 6.83. The molecule has 1 unspecified atom stereocenters. The van der Waals surface area contributed by atoms with Gasteiger partial charge < -0.3 is 9.88 Å². The second-order valence-electron chi connectivity index (χ2n) is 10.8. The van der Waals surface area contributed by atoms with Gasteiger partial charge in [0, 0.05) is 30.4 Å². The Balaban J connectivity index is 0.000000663. The van der Waals surface area contributed by atoms with Crippen molar-refractivity contribution in [2.24, 2.45) is 23.9 Å². The van der Waals surface area contributed by atoms with E-state index in [0.717, 1.165) is 40.2 Å². The fourth-order valence-corrected chi connectivity index (χ4v) is 4.57. The standard InChI is InChI=1S/C25H26N6.C8H18.2C2H6/c1-6-26-25(24-17(3)14-27-18(4)29-24)30-21-9-8-20(16(2)11-21)12-19-7-10-23-22(13-19)28-15-31(23)5;1-5-8(4)6-7(2)3;2*1-2/h6-11,13-15,30H,3,12H2,1-2,4-5H3;7-8H,5-6H2,1-4H3;2*1-2H3/b25-24-,26-6-;;;. The number of anilines is 1.